The van der Waals surface area contributed by atoms with Gasteiger partial charge < -0.3 is 5.32 Å². The van der Waals surface area contributed by atoms with Crippen LogP contribution >= 0.6 is 0 Å². The van der Waals surface area contributed by atoms with E-state index in [1.54, 1.807) is 24.3 Å². The van der Waals surface area contributed by atoms with Crippen molar-refractivity contribution in [1.82, 2.24) is 0 Å². The first-order chi connectivity index (χ1) is 15.9. The number of halogens is 1. The molecule has 0 saturated heterocycles. The number of benzene rings is 4. The summed E-state index contributed by atoms with van der Waals surface area (Å²) >= 11 is 0. The zero-order valence-electron chi connectivity index (χ0n) is 18.8. The lowest BCUT2D eigenvalue weighted by Gasteiger charge is -2.22. The lowest BCUT2D eigenvalue weighted by Crippen LogP contribution is -2.15. The fourth-order valence-electron chi connectivity index (χ4n) is 3.88. The third kappa shape index (κ3) is 4.93. The summed E-state index contributed by atoms with van der Waals surface area (Å²) in [6.07, 6.45) is 0. The van der Waals surface area contributed by atoms with Crippen LogP contribution in [0.25, 0.3) is 16.7 Å². The standard InChI is InChI=1S/C30H26FNO/c1-20(2)27-18-25(23-10-6-4-7-11-23)19-28(21(3)22-14-16-26(31)17-15-22)29(27)32-30(33)24-12-8-5-9-13-24/h4-20H,3H2,1-2H3,(H,32,33). The predicted octanol–water partition coefficient (Wildman–Crippen LogP) is 7.93. The van der Waals surface area contributed by atoms with Crippen LogP contribution in [0.2, 0.25) is 0 Å². The molecule has 0 spiro atoms. The Morgan fingerprint density at radius 3 is 2.00 bits per heavy atom. The highest BCUT2D eigenvalue weighted by atomic mass is 19.1. The van der Waals surface area contributed by atoms with E-state index in [0.717, 1.165) is 39.1 Å². The van der Waals surface area contributed by atoms with E-state index in [1.807, 2.05) is 42.5 Å². The van der Waals surface area contributed by atoms with Crippen molar-refractivity contribution in [1.29, 1.82) is 0 Å². The zero-order valence-corrected chi connectivity index (χ0v) is 18.8. The molecule has 0 atom stereocenters. The van der Waals surface area contributed by atoms with Crippen LogP contribution < -0.4 is 5.32 Å². The van der Waals surface area contributed by atoms with Crippen molar-refractivity contribution in [2.24, 2.45) is 0 Å². The molecule has 4 rings (SSSR count). The van der Waals surface area contributed by atoms with Gasteiger partial charge in [-0.3, -0.25) is 4.79 Å². The van der Waals surface area contributed by atoms with Gasteiger partial charge in [-0.05, 0) is 70.1 Å². The number of hydrogen-bond donors (Lipinski definition) is 1. The fourth-order valence-corrected chi connectivity index (χ4v) is 3.88. The van der Waals surface area contributed by atoms with Crippen molar-refractivity contribution >= 4 is 17.2 Å². The third-order valence-corrected chi connectivity index (χ3v) is 5.69. The van der Waals surface area contributed by atoms with E-state index >= 15 is 0 Å². The molecule has 33 heavy (non-hydrogen) atoms. The molecule has 0 bridgehead atoms. The molecule has 0 heterocycles. The van der Waals surface area contributed by atoms with Crippen LogP contribution in [-0.2, 0) is 0 Å². The molecule has 0 unspecified atom stereocenters. The van der Waals surface area contributed by atoms with Crippen LogP contribution in [0.3, 0.4) is 0 Å². The summed E-state index contributed by atoms with van der Waals surface area (Å²) in [6, 6.07) is 29.7. The summed E-state index contributed by atoms with van der Waals surface area (Å²) in [5.41, 5.74) is 6.77. The lowest BCUT2D eigenvalue weighted by atomic mass is 9.88. The number of nitrogens with one attached hydrogen (secondary N) is 1. The normalized spacial score (nSPS) is 10.8. The van der Waals surface area contributed by atoms with E-state index in [4.69, 9.17) is 0 Å². The van der Waals surface area contributed by atoms with E-state index in [0.29, 0.717) is 5.56 Å². The van der Waals surface area contributed by atoms with Crippen molar-refractivity contribution in [3.8, 4) is 11.1 Å². The molecular formula is C30H26FNO. The molecule has 0 saturated carbocycles. The number of anilines is 1. The van der Waals surface area contributed by atoms with Crippen LogP contribution in [0.5, 0.6) is 0 Å². The van der Waals surface area contributed by atoms with Crippen molar-refractivity contribution in [2.45, 2.75) is 19.8 Å². The van der Waals surface area contributed by atoms with Crippen LogP contribution in [0.15, 0.2) is 104 Å². The molecule has 2 nitrogen and oxygen atoms in total. The highest BCUT2D eigenvalue weighted by molar-refractivity contribution is 6.07. The van der Waals surface area contributed by atoms with E-state index in [9.17, 15) is 9.18 Å². The van der Waals surface area contributed by atoms with Crippen LogP contribution in [0, 0.1) is 5.82 Å². The van der Waals surface area contributed by atoms with Crippen LogP contribution in [-0.4, -0.2) is 5.91 Å². The number of hydrogen-bond acceptors (Lipinski definition) is 1. The molecule has 3 heteroatoms. The third-order valence-electron chi connectivity index (χ3n) is 5.69. The Hall–Kier alpha value is -3.98. The summed E-state index contributed by atoms with van der Waals surface area (Å²) in [6.45, 7) is 8.53. The first kappa shape index (κ1) is 22.2. The van der Waals surface area contributed by atoms with Gasteiger partial charge in [0.25, 0.3) is 5.91 Å². The van der Waals surface area contributed by atoms with Gasteiger partial charge in [-0.25, -0.2) is 4.39 Å². The molecule has 1 N–H and O–H groups in total. The van der Waals surface area contributed by atoms with Gasteiger partial charge >= 0.3 is 0 Å². The van der Waals surface area contributed by atoms with Gasteiger partial charge in [0.2, 0.25) is 0 Å². The summed E-state index contributed by atoms with van der Waals surface area (Å²) in [5, 5.41) is 3.14. The Kier molecular flexibility index (Phi) is 6.50. The molecule has 0 aliphatic heterocycles. The monoisotopic (exact) mass is 435 g/mol. The van der Waals surface area contributed by atoms with E-state index < -0.39 is 0 Å². The minimum atomic E-state index is -0.301. The summed E-state index contributed by atoms with van der Waals surface area (Å²) in [5.74, 6) is -0.331. The maximum absolute atomic E-state index is 13.6. The first-order valence-electron chi connectivity index (χ1n) is 11.0. The van der Waals surface area contributed by atoms with Crippen LogP contribution in [0.1, 0.15) is 46.8 Å². The van der Waals surface area contributed by atoms with Crippen molar-refractivity contribution < 1.29 is 9.18 Å². The second kappa shape index (κ2) is 9.66. The number of amides is 1. The van der Waals surface area contributed by atoms with Crippen molar-refractivity contribution in [3.05, 3.63) is 132 Å². The van der Waals surface area contributed by atoms with Gasteiger partial charge in [0, 0.05) is 11.1 Å². The van der Waals surface area contributed by atoms with Gasteiger partial charge in [-0.2, -0.15) is 0 Å². The molecule has 1 amide bonds. The average Bonchev–Trinajstić information content (AvgIpc) is 2.85. The number of rotatable bonds is 6. The SMILES string of the molecule is C=C(c1ccc(F)cc1)c1cc(-c2ccccc2)cc(C(C)C)c1NC(=O)c1ccccc1. The Balaban J connectivity index is 1.89. The first-order valence-corrected chi connectivity index (χ1v) is 11.0. The maximum Gasteiger partial charge on any atom is 0.255 e. The number of carbonyl (C=O) groups is 1. The minimum Gasteiger partial charge on any atom is -0.321 e. The molecule has 0 fully saturated rings. The molecular weight excluding hydrogens is 409 g/mol. The van der Waals surface area contributed by atoms with Gasteiger partial charge in [0.05, 0.1) is 5.69 Å². The largest absolute Gasteiger partial charge is 0.321 e. The predicted molar refractivity (Wildman–Crippen MR) is 135 cm³/mol. The smallest absolute Gasteiger partial charge is 0.255 e. The van der Waals surface area contributed by atoms with Crippen molar-refractivity contribution in [2.75, 3.05) is 5.32 Å². The lowest BCUT2D eigenvalue weighted by molar-refractivity contribution is 0.102. The Morgan fingerprint density at radius 2 is 1.39 bits per heavy atom. The number of carbonyl (C=O) groups excluding carboxylic acids is 1. The Labute approximate surface area is 194 Å². The van der Waals surface area contributed by atoms with Gasteiger partial charge in [-0.1, -0.05) is 81.1 Å². The minimum absolute atomic E-state index is 0.152. The second-order valence-corrected chi connectivity index (χ2v) is 8.31. The van der Waals surface area contributed by atoms with Gasteiger partial charge in [0.15, 0.2) is 0 Å². The Bertz CT molecular complexity index is 1280. The Morgan fingerprint density at radius 1 is 0.788 bits per heavy atom. The molecule has 0 aliphatic carbocycles. The zero-order chi connectivity index (χ0) is 23.4. The van der Waals surface area contributed by atoms with E-state index in [2.05, 4.69) is 43.9 Å². The summed E-state index contributed by atoms with van der Waals surface area (Å²) in [7, 11) is 0. The van der Waals surface area contributed by atoms with E-state index in [-0.39, 0.29) is 17.6 Å². The average molecular weight is 436 g/mol. The fraction of sp³-hybridized carbons (Fsp3) is 0.100. The topological polar surface area (TPSA) is 29.1 Å². The maximum atomic E-state index is 13.6. The van der Waals surface area contributed by atoms with Gasteiger partial charge in [0.1, 0.15) is 5.82 Å². The highest BCUT2D eigenvalue weighted by Gasteiger charge is 2.20. The molecule has 0 aromatic heterocycles. The summed E-state index contributed by atoms with van der Waals surface area (Å²) in [4.78, 5) is 13.1. The molecule has 4 aromatic carbocycles. The molecule has 0 radical (unpaired) electrons. The van der Waals surface area contributed by atoms with Crippen LogP contribution in [0.4, 0.5) is 10.1 Å². The second-order valence-electron chi connectivity index (χ2n) is 8.31. The molecule has 164 valence electrons. The van der Waals surface area contributed by atoms with Crippen molar-refractivity contribution in [3.63, 3.8) is 0 Å². The quantitative estimate of drug-likeness (QED) is 0.327. The molecule has 4 aromatic rings. The molecule has 0 aliphatic rings. The summed E-state index contributed by atoms with van der Waals surface area (Å²) < 4.78 is 13.6. The van der Waals surface area contributed by atoms with E-state index in [1.165, 1.54) is 12.1 Å². The highest BCUT2D eigenvalue weighted by Crippen LogP contribution is 2.39. The van der Waals surface area contributed by atoms with Gasteiger partial charge in [-0.15, -0.1) is 0 Å².